The highest BCUT2D eigenvalue weighted by atomic mass is 16.5. The molecule has 0 bridgehead atoms. The predicted octanol–water partition coefficient (Wildman–Crippen LogP) is 1.60. The van der Waals surface area contributed by atoms with Gasteiger partial charge in [0.15, 0.2) is 0 Å². The van der Waals surface area contributed by atoms with Gasteiger partial charge in [-0.25, -0.2) is 0 Å². The van der Waals surface area contributed by atoms with Crippen molar-refractivity contribution >= 4 is 0 Å². The van der Waals surface area contributed by atoms with Crippen LogP contribution >= 0.6 is 0 Å². The maximum absolute atomic E-state index is 8.92. The molecule has 88 valence electrons. The Balaban J connectivity index is 1.65. The molecule has 1 aliphatic heterocycles. The van der Waals surface area contributed by atoms with Crippen LogP contribution in [0.1, 0.15) is 12.0 Å². The molecule has 0 spiro atoms. The zero-order valence-electron chi connectivity index (χ0n) is 9.34. The van der Waals surface area contributed by atoms with E-state index in [1.54, 1.807) is 0 Å². The van der Waals surface area contributed by atoms with E-state index in [0.717, 1.165) is 6.42 Å². The van der Waals surface area contributed by atoms with Crippen LogP contribution in [0.15, 0.2) is 30.3 Å². The minimum absolute atomic E-state index is 0.0188. The summed E-state index contributed by atoms with van der Waals surface area (Å²) in [5.74, 6) is 0.431. The van der Waals surface area contributed by atoms with Crippen LogP contribution in [-0.4, -0.2) is 31.0 Å². The molecule has 1 aromatic carbocycles. The van der Waals surface area contributed by atoms with Gasteiger partial charge in [0.2, 0.25) is 0 Å². The summed E-state index contributed by atoms with van der Waals surface area (Å²) in [6.07, 6.45) is 0.927. The zero-order chi connectivity index (χ0) is 11.2. The SMILES string of the molecule is OCC1CC(COCc2ccccc2)CO1. The van der Waals surface area contributed by atoms with Gasteiger partial charge in [0.05, 0.1) is 32.5 Å². The molecule has 2 unspecified atom stereocenters. The second kappa shape index (κ2) is 5.99. The third kappa shape index (κ3) is 3.30. The molecule has 2 rings (SSSR count). The lowest BCUT2D eigenvalue weighted by atomic mass is 10.1. The number of rotatable bonds is 5. The fourth-order valence-corrected chi connectivity index (χ4v) is 1.94. The first-order chi connectivity index (χ1) is 7.88. The average Bonchev–Trinajstić information content (AvgIpc) is 2.78. The summed E-state index contributed by atoms with van der Waals surface area (Å²) in [5, 5.41) is 8.92. The van der Waals surface area contributed by atoms with Gasteiger partial charge >= 0.3 is 0 Å². The molecule has 16 heavy (non-hydrogen) atoms. The summed E-state index contributed by atoms with van der Waals surface area (Å²) in [5.41, 5.74) is 1.19. The van der Waals surface area contributed by atoms with Gasteiger partial charge in [-0.3, -0.25) is 0 Å². The molecule has 3 nitrogen and oxygen atoms in total. The van der Waals surface area contributed by atoms with E-state index >= 15 is 0 Å². The molecule has 3 heteroatoms. The molecule has 2 atom stereocenters. The molecule has 1 N–H and O–H groups in total. The standard InChI is InChI=1S/C13H18O3/c14-7-13-6-12(10-16-13)9-15-8-11-4-2-1-3-5-11/h1-5,12-14H,6-10H2. The Bertz CT molecular complexity index is 299. The molecule has 0 saturated carbocycles. The molecule has 0 radical (unpaired) electrons. The molecule has 1 aromatic rings. The Morgan fingerprint density at radius 3 is 2.81 bits per heavy atom. The van der Waals surface area contributed by atoms with Crippen molar-refractivity contribution in [3.8, 4) is 0 Å². The zero-order valence-corrected chi connectivity index (χ0v) is 9.34. The quantitative estimate of drug-likeness (QED) is 0.822. The Labute approximate surface area is 96.0 Å². The summed E-state index contributed by atoms with van der Waals surface area (Å²) < 4.78 is 11.0. The van der Waals surface area contributed by atoms with Crippen LogP contribution in [0.5, 0.6) is 0 Å². The van der Waals surface area contributed by atoms with Crippen molar-refractivity contribution < 1.29 is 14.6 Å². The van der Waals surface area contributed by atoms with E-state index < -0.39 is 0 Å². The molecular weight excluding hydrogens is 204 g/mol. The smallest absolute Gasteiger partial charge is 0.0810 e. The third-order valence-electron chi connectivity index (χ3n) is 2.83. The molecule has 0 amide bonds. The Kier molecular flexibility index (Phi) is 4.34. The number of hydrogen-bond acceptors (Lipinski definition) is 3. The van der Waals surface area contributed by atoms with Crippen molar-refractivity contribution in [1.82, 2.24) is 0 Å². The number of hydrogen-bond donors (Lipinski definition) is 1. The highest BCUT2D eigenvalue weighted by molar-refractivity contribution is 5.13. The van der Waals surface area contributed by atoms with Crippen molar-refractivity contribution in [3.63, 3.8) is 0 Å². The maximum Gasteiger partial charge on any atom is 0.0810 e. The van der Waals surface area contributed by atoms with Crippen molar-refractivity contribution in [2.24, 2.45) is 5.92 Å². The number of benzene rings is 1. The van der Waals surface area contributed by atoms with Gasteiger partial charge < -0.3 is 14.6 Å². The van der Waals surface area contributed by atoms with Crippen molar-refractivity contribution in [3.05, 3.63) is 35.9 Å². The van der Waals surface area contributed by atoms with E-state index in [4.69, 9.17) is 14.6 Å². The van der Waals surface area contributed by atoms with Crippen molar-refractivity contribution in [2.75, 3.05) is 19.8 Å². The lowest BCUT2D eigenvalue weighted by molar-refractivity contribution is 0.0493. The third-order valence-corrected chi connectivity index (χ3v) is 2.83. The van der Waals surface area contributed by atoms with Crippen molar-refractivity contribution in [2.45, 2.75) is 19.1 Å². The molecular formula is C13H18O3. The molecule has 0 aliphatic carbocycles. The van der Waals surface area contributed by atoms with Gasteiger partial charge in [-0.15, -0.1) is 0 Å². The monoisotopic (exact) mass is 222 g/mol. The number of ether oxygens (including phenoxy) is 2. The van der Waals surface area contributed by atoms with Gasteiger partial charge in [0.1, 0.15) is 0 Å². The Morgan fingerprint density at radius 2 is 2.12 bits per heavy atom. The molecule has 1 heterocycles. The topological polar surface area (TPSA) is 38.7 Å². The highest BCUT2D eigenvalue weighted by Crippen LogP contribution is 2.19. The second-order valence-electron chi connectivity index (χ2n) is 4.24. The largest absolute Gasteiger partial charge is 0.394 e. The van der Waals surface area contributed by atoms with Crippen LogP contribution in [-0.2, 0) is 16.1 Å². The lowest BCUT2D eigenvalue weighted by Crippen LogP contribution is -2.12. The van der Waals surface area contributed by atoms with E-state index in [1.165, 1.54) is 5.56 Å². The van der Waals surface area contributed by atoms with Crippen LogP contribution in [0.4, 0.5) is 0 Å². The van der Waals surface area contributed by atoms with E-state index in [1.807, 2.05) is 18.2 Å². The van der Waals surface area contributed by atoms with E-state index in [-0.39, 0.29) is 12.7 Å². The summed E-state index contributed by atoms with van der Waals surface area (Å²) in [4.78, 5) is 0. The first-order valence-electron chi connectivity index (χ1n) is 5.72. The number of aliphatic hydroxyl groups excluding tert-OH is 1. The van der Waals surface area contributed by atoms with Crippen LogP contribution in [0.3, 0.4) is 0 Å². The van der Waals surface area contributed by atoms with Crippen LogP contribution < -0.4 is 0 Å². The van der Waals surface area contributed by atoms with Crippen molar-refractivity contribution in [1.29, 1.82) is 0 Å². The minimum atomic E-state index is 0.0188. The van der Waals surface area contributed by atoms with Gasteiger partial charge in [0, 0.05) is 5.92 Å². The van der Waals surface area contributed by atoms with Crippen LogP contribution in [0.25, 0.3) is 0 Å². The first kappa shape index (κ1) is 11.6. The number of aliphatic hydroxyl groups is 1. The maximum atomic E-state index is 8.92. The lowest BCUT2D eigenvalue weighted by Gasteiger charge is -2.08. The summed E-state index contributed by atoms with van der Waals surface area (Å²) in [6, 6.07) is 10.1. The van der Waals surface area contributed by atoms with E-state index in [2.05, 4.69) is 12.1 Å². The summed E-state index contributed by atoms with van der Waals surface area (Å²) in [7, 11) is 0. The summed E-state index contributed by atoms with van der Waals surface area (Å²) in [6.45, 7) is 2.20. The van der Waals surface area contributed by atoms with E-state index in [0.29, 0.717) is 25.7 Å². The molecule has 1 aliphatic rings. The Hall–Kier alpha value is -0.900. The van der Waals surface area contributed by atoms with Gasteiger partial charge in [-0.05, 0) is 12.0 Å². The van der Waals surface area contributed by atoms with Gasteiger partial charge in [-0.1, -0.05) is 30.3 Å². The minimum Gasteiger partial charge on any atom is -0.394 e. The molecule has 0 aromatic heterocycles. The second-order valence-corrected chi connectivity index (χ2v) is 4.24. The average molecular weight is 222 g/mol. The van der Waals surface area contributed by atoms with Crippen LogP contribution in [0, 0.1) is 5.92 Å². The first-order valence-corrected chi connectivity index (χ1v) is 5.72. The summed E-state index contributed by atoms with van der Waals surface area (Å²) >= 11 is 0. The van der Waals surface area contributed by atoms with Gasteiger partial charge in [0.25, 0.3) is 0 Å². The fraction of sp³-hybridized carbons (Fsp3) is 0.538. The van der Waals surface area contributed by atoms with Crippen LogP contribution in [0.2, 0.25) is 0 Å². The molecule has 1 fully saturated rings. The Morgan fingerprint density at radius 1 is 1.31 bits per heavy atom. The predicted molar refractivity (Wildman–Crippen MR) is 61.0 cm³/mol. The molecule has 1 saturated heterocycles. The van der Waals surface area contributed by atoms with E-state index in [9.17, 15) is 0 Å². The fourth-order valence-electron chi connectivity index (χ4n) is 1.94. The van der Waals surface area contributed by atoms with Gasteiger partial charge in [-0.2, -0.15) is 0 Å². The highest BCUT2D eigenvalue weighted by Gasteiger charge is 2.24. The normalized spacial score (nSPS) is 24.8.